The van der Waals surface area contributed by atoms with E-state index in [9.17, 15) is 9.59 Å². The van der Waals surface area contributed by atoms with E-state index in [0.717, 1.165) is 0 Å². The van der Waals surface area contributed by atoms with E-state index in [2.05, 4.69) is 0 Å². The van der Waals surface area contributed by atoms with E-state index < -0.39 is 5.97 Å². The molecule has 4 heteroatoms. The van der Waals surface area contributed by atoms with Crippen molar-refractivity contribution in [2.75, 3.05) is 0 Å². The first-order chi connectivity index (χ1) is 7.13. The third-order valence-corrected chi connectivity index (χ3v) is 2.12. The van der Waals surface area contributed by atoms with Crippen molar-refractivity contribution >= 4 is 12.3 Å². The highest BCUT2D eigenvalue weighted by Gasteiger charge is 2.14. The zero-order valence-corrected chi connectivity index (χ0v) is 8.15. The number of hydrogen-bond donors (Lipinski definition) is 1. The molecule has 4 nitrogen and oxygen atoms in total. The van der Waals surface area contributed by atoms with Crippen LogP contribution in [-0.2, 0) is 6.42 Å². The lowest BCUT2D eigenvalue weighted by molar-refractivity contribution is 0.0693. The molecule has 0 aliphatic heterocycles. The molecule has 0 radical (unpaired) electrons. The second-order valence-corrected chi connectivity index (χ2v) is 2.98. The molecule has 0 heterocycles. The summed E-state index contributed by atoms with van der Waals surface area (Å²) in [6, 6.07) is 4.62. The smallest absolute Gasteiger partial charge is 0.336 e. The highest BCUT2D eigenvalue weighted by molar-refractivity contribution is 5.98. The first kappa shape index (κ1) is 10.9. The minimum atomic E-state index is -1.19. The number of carbonyl (C=O) groups is 2. The van der Waals surface area contributed by atoms with Crippen molar-refractivity contribution in [3.63, 3.8) is 0 Å². The summed E-state index contributed by atoms with van der Waals surface area (Å²) in [4.78, 5) is 21.6. The zero-order valence-electron chi connectivity index (χ0n) is 8.15. The van der Waals surface area contributed by atoms with Gasteiger partial charge < -0.3 is 5.11 Å². The zero-order chi connectivity index (χ0) is 11.4. The fourth-order valence-electron chi connectivity index (χ4n) is 1.39. The van der Waals surface area contributed by atoms with Gasteiger partial charge in [0.2, 0.25) is 0 Å². The highest BCUT2D eigenvalue weighted by Crippen LogP contribution is 2.16. The number of carboxylic acid groups (broad SMARTS) is 1. The maximum atomic E-state index is 10.8. The summed E-state index contributed by atoms with van der Waals surface area (Å²) in [5.41, 5.74) is 0.890. The van der Waals surface area contributed by atoms with Gasteiger partial charge in [0.15, 0.2) is 6.29 Å². The quantitative estimate of drug-likeness (QED) is 0.757. The molecule has 0 fully saturated rings. The summed E-state index contributed by atoms with van der Waals surface area (Å²) in [7, 11) is 0. The van der Waals surface area contributed by atoms with E-state index in [1.807, 2.05) is 6.07 Å². The fraction of sp³-hybridized carbons (Fsp3) is 0.182. The Morgan fingerprint density at radius 2 is 2.27 bits per heavy atom. The van der Waals surface area contributed by atoms with Gasteiger partial charge in [-0.1, -0.05) is 6.92 Å². The maximum absolute atomic E-state index is 10.8. The number of hydrogen-bond acceptors (Lipinski definition) is 3. The predicted molar refractivity (Wildman–Crippen MR) is 52.9 cm³/mol. The number of carboxylic acids is 1. The van der Waals surface area contributed by atoms with Crippen molar-refractivity contribution in [3.8, 4) is 6.07 Å². The number of carbonyl (C=O) groups excluding carboxylic acids is 1. The van der Waals surface area contributed by atoms with E-state index >= 15 is 0 Å². The molecule has 15 heavy (non-hydrogen) atoms. The Kier molecular flexibility index (Phi) is 3.19. The van der Waals surface area contributed by atoms with Gasteiger partial charge in [-0.05, 0) is 24.1 Å². The maximum Gasteiger partial charge on any atom is 0.336 e. The summed E-state index contributed by atoms with van der Waals surface area (Å²) in [5, 5.41) is 17.6. The van der Waals surface area contributed by atoms with Gasteiger partial charge in [-0.2, -0.15) is 5.26 Å². The van der Waals surface area contributed by atoms with Gasteiger partial charge in [0, 0.05) is 5.56 Å². The van der Waals surface area contributed by atoms with Crippen molar-refractivity contribution < 1.29 is 14.7 Å². The molecule has 0 aromatic heterocycles. The van der Waals surface area contributed by atoms with E-state index in [4.69, 9.17) is 10.4 Å². The van der Waals surface area contributed by atoms with E-state index in [0.29, 0.717) is 18.3 Å². The molecule has 1 N–H and O–H groups in total. The molecule has 0 saturated carbocycles. The number of aryl methyl sites for hydroxylation is 1. The van der Waals surface area contributed by atoms with E-state index in [1.54, 1.807) is 6.92 Å². The summed E-state index contributed by atoms with van der Waals surface area (Å²) < 4.78 is 0. The second kappa shape index (κ2) is 4.38. The highest BCUT2D eigenvalue weighted by atomic mass is 16.4. The Bertz CT molecular complexity index is 458. The van der Waals surface area contributed by atoms with Crippen molar-refractivity contribution in [2.24, 2.45) is 0 Å². The van der Waals surface area contributed by atoms with Crippen LogP contribution in [0.4, 0.5) is 0 Å². The summed E-state index contributed by atoms with van der Waals surface area (Å²) in [5.74, 6) is -1.19. The Morgan fingerprint density at radius 3 is 2.67 bits per heavy atom. The minimum Gasteiger partial charge on any atom is -0.478 e. The molecule has 76 valence electrons. The SMILES string of the molecule is CCc1cc(C#N)cc(C(=O)O)c1C=O. The number of benzene rings is 1. The number of nitrogens with zero attached hydrogens (tertiary/aromatic N) is 1. The Hall–Kier alpha value is -2.15. The van der Waals surface area contributed by atoms with Crippen LogP contribution in [0.25, 0.3) is 0 Å². The lowest BCUT2D eigenvalue weighted by Gasteiger charge is -2.06. The fourth-order valence-corrected chi connectivity index (χ4v) is 1.39. The van der Waals surface area contributed by atoms with Crippen LogP contribution < -0.4 is 0 Å². The molecule has 1 rings (SSSR count). The van der Waals surface area contributed by atoms with Crippen LogP contribution in [0.15, 0.2) is 12.1 Å². The van der Waals surface area contributed by atoms with Crippen LogP contribution in [0.1, 0.15) is 38.8 Å². The van der Waals surface area contributed by atoms with Crippen LogP contribution >= 0.6 is 0 Å². The van der Waals surface area contributed by atoms with Crippen LogP contribution in [0.5, 0.6) is 0 Å². The lowest BCUT2D eigenvalue weighted by atomic mass is 9.97. The monoisotopic (exact) mass is 203 g/mol. The average Bonchev–Trinajstić information content (AvgIpc) is 2.26. The molecular formula is C11H9NO3. The Labute approximate surface area is 86.8 Å². The third-order valence-electron chi connectivity index (χ3n) is 2.12. The summed E-state index contributed by atoms with van der Waals surface area (Å²) >= 11 is 0. The summed E-state index contributed by atoms with van der Waals surface area (Å²) in [6.45, 7) is 1.80. The number of aromatic carboxylic acids is 1. The van der Waals surface area contributed by atoms with Crippen molar-refractivity contribution in [2.45, 2.75) is 13.3 Å². The largest absolute Gasteiger partial charge is 0.478 e. The number of nitriles is 1. The van der Waals surface area contributed by atoms with Crippen LogP contribution in [0.2, 0.25) is 0 Å². The standard InChI is InChI=1S/C11H9NO3/c1-2-8-3-7(5-12)4-9(11(14)15)10(8)6-13/h3-4,6H,2H2,1H3,(H,14,15). The molecule has 1 aromatic rings. The summed E-state index contributed by atoms with van der Waals surface area (Å²) in [6.07, 6.45) is 1.04. The topological polar surface area (TPSA) is 78.2 Å². The van der Waals surface area contributed by atoms with Crippen LogP contribution in [-0.4, -0.2) is 17.4 Å². The van der Waals surface area contributed by atoms with Crippen LogP contribution in [0, 0.1) is 11.3 Å². The minimum absolute atomic E-state index is 0.110. The lowest BCUT2D eigenvalue weighted by Crippen LogP contribution is -2.06. The van der Waals surface area contributed by atoms with Gasteiger partial charge in [-0.25, -0.2) is 4.79 Å². The molecule has 0 unspecified atom stereocenters. The molecule has 0 amide bonds. The van der Waals surface area contributed by atoms with Crippen molar-refractivity contribution in [1.29, 1.82) is 5.26 Å². The van der Waals surface area contributed by atoms with Crippen molar-refractivity contribution in [1.82, 2.24) is 0 Å². The van der Waals surface area contributed by atoms with Gasteiger partial charge in [0.05, 0.1) is 17.2 Å². The Morgan fingerprint density at radius 1 is 1.60 bits per heavy atom. The van der Waals surface area contributed by atoms with Crippen molar-refractivity contribution in [3.05, 3.63) is 34.4 Å². The van der Waals surface area contributed by atoms with Gasteiger partial charge in [0.1, 0.15) is 0 Å². The van der Waals surface area contributed by atoms with E-state index in [1.165, 1.54) is 12.1 Å². The van der Waals surface area contributed by atoms with Gasteiger partial charge in [0.25, 0.3) is 0 Å². The van der Waals surface area contributed by atoms with Gasteiger partial charge >= 0.3 is 5.97 Å². The average molecular weight is 203 g/mol. The van der Waals surface area contributed by atoms with Crippen LogP contribution in [0.3, 0.4) is 0 Å². The second-order valence-electron chi connectivity index (χ2n) is 2.98. The molecule has 0 aliphatic carbocycles. The van der Waals surface area contributed by atoms with Gasteiger partial charge in [-0.15, -0.1) is 0 Å². The third kappa shape index (κ3) is 2.02. The molecule has 0 bridgehead atoms. The molecule has 0 atom stereocenters. The van der Waals surface area contributed by atoms with E-state index in [-0.39, 0.29) is 16.7 Å². The Balaban J connectivity index is 3.54. The first-order valence-corrected chi connectivity index (χ1v) is 4.39. The molecule has 0 spiro atoms. The first-order valence-electron chi connectivity index (χ1n) is 4.39. The molecule has 1 aromatic carbocycles. The normalized spacial score (nSPS) is 9.33. The molecule has 0 aliphatic rings. The predicted octanol–water partition coefficient (Wildman–Crippen LogP) is 1.63. The molecule has 0 saturated heterocycles. The number of aldehydes is 1. The molecular weight excluding hydrogens is 194 g/mol. The van der Waals surface area contributed by atoms with Gasteiger partial charge in [-0.3, -0.25) is 4.79 Å². The number of rotatable bonds is 3.